The maximum Gasteiger partial charge on any atom is 0.154 e. The van der Waals surface area contributed by atoms with E-state index in [-0.39, 0.29) is 26.2 Å². The SMILES string of the molecule is ClOc1cccc(C2=CC=CC2)c1C1=CC=CC1.[Zr]. The van der Waals surface area contributed by atoms with Gasteiger partial charge in [0.2, 0.25) is 0 Å². The van der Waals surface area contributed by atoms with Crippen molar-refractivity contribution in [1.29, 1.82) is 0 Å². The van der Waals surface area contributed by atoms with Gasteiger partial charge in [0.05, 0.1) is 0 Å². The van der Waals surface area contributed by atoms with Crippen LogP contribution in [0.1, 0.15) is 24.0 Å². The van der Waals surface area contributed by atoms with Crippen LogP contribution in [0.4, 0.5) is 0 Å². The van der Waals surface area contributed by atoms with Crippen LogP contribution in [0.25, 0.3) is 11.1 Å². The summed E-state index contributed by atoms with van der Waals surface area (Å²) in [5.74, 6) is 0.733. The van der Waals surface area contributed by atoms with Crippen molar-refractivity contribution in [2.45, 2.75) is 12.8 Å². The third-order valence-corrected chi connectivity index (χ3v) is 3.49. The van der Waals surface area contributed by atoms with E-state index in [4.69, 9.17) is 16.2 Å². The number of halogens is 1. The van der Waals surface area contributed by atoms with Gasteiger partial charge in [-0.15, -0.1) is 0 Å². The van der Waals surface area contributed by atoms with E-state index >= 15 is 0 Å². The molecule has 2 aliphatic rings. The summed E-state index contributed by atoms with van der Waals surface area (Å²) in [5.41, 5.74) is 4.91. The Morgan fingerprint density at radius 2 is 1.63 bits per heavy atom. The molecule has 94 valence electrons. The Balaban J connectivity index is 0.00000133. The summed E-state index contributed by atoms with van der Waals surface area (Å²) in [4.78, 5) is 0. The fourth-order valence-corrected chi connectivity index (χ4v) is 2.60. The molecule has 0 spiro atoms. The number of allylic oxidation sites excluding steroid dienone is 8. The second kappa shape index (κ2) is 6.54. The van der Waals surface area contributed by atoms with Crippen LogP contribution in [0.15, 0.2) is 54.7 Å². The largest absolute Gasteiger partial charge is 0.385 e. The van der Waals surface area contributed by atoms with Crippen LogP contribution in [-0.4, -0.2) is 0 Å². The van der Waals surface area contributed by atoms with Crippen LogP contribution in [0.3, 0.4) is 0 Å². The molecule has 0 bridgehead atoms. The molecule has 0 atom stereocenters. The Hall–Kier alpha value is -0.847. The van der Waals surface area contributed by atoms with Crippen molar-refractivity contribution in [3.05, 3.63) is 65.8 Å². The molecule has 0 amide bonds. The second-order valence-corrected chi connectivity index (χ2v) is 4.56. The van der Waals surface area contributed by atoms with Gasteiger partial charge in [0.25, 0.3) is 0 Å². The van der Waals surface area contributed by atoms with Gasteiger partial charge in [-0.05, 0) is 35.6 Å². The molecule has 0 N–H and O–H groups in total. The second-order valence-electron chi connectivity index (χ2n) is 4.40. The maximum absolute atomic E-state index is 5.61. The van der Waals surface area contributed by atoms with E-state index in [1.54, 1.807) is 0 Å². The minimum atomic E-state index is 0. The first-order chi connectivity index (χ1) is 8.90. The summed E-state index contributed by atoms with van der Waals surface area (Å²) in [6, 6.07) is 6.03. The zero-order valence-electron chi connectivity index (χ0n) is 10.4. The summed E-state index contributed by atoms with van der Waals surface area (Å²) in [6.07, 6.45) is 14.7. The van der Waals surface area contributed by atoms with E-state index < -0.39 is 0 Å². The van der Waals surface area contributed by atoms with E-state index in [0.717, 1.165) is 24.2 Å². The Bertz CT molecular complexity index is 597. The van der Waals surface area contributed by atoms with Crippen LogP contribution in [0.2, 0.25) is 0 Å². The van der Waals surface area contributed by atoms with Gasteiger partial charge in [0, 0.05) is 31.8 Å². The van der Waals surface area contributed by atoms with Crippen molar-refractivity contribution in [3.8, 4) is 5.75 Å². The van der Waals surface area contributed by atoms with Crippen molar-refractivity contribution >= 4 is 23.0 Å². The summed E-state index contributed by atoms with van der Waals surface area (Å²) in [7, 11) is 0. The molecule has 0 aromatic heterocycles. The minimum absolute atomic E-state index is 0. The third kappa shape index (κ3) is 2.85. The molecule has 19 heavy (non-hydrogen) atoms. The molecule has 0 saturated heterocycles. The smallest absolute Gasteiger partial charge is 0.154 e. The summed E-state index contributed by atoms with van der Waals surface area (Å²) < 4.78 is 5.01. The Morgan fingerprint density at radius 3 is 2.21 bits per heavy atom. The number of rotatable bonds is 3. The number of hydrogen-bond donors (Lipinski definition) is 0. The average molecular weight is 348 g/mol. The molecular formula is C16H13ClOZr. The van der Waals surface area contributed by atoms with Crippen molar-refractivity contribution in [2.24, 2.45) is 0 Å². The molecule has 0 aliphatic heterocycles. The molecule has 0 radical (unpaired) electrons. The topological polar surface area (TPSA) is 9.23 Å². The van der Waals surface area contributed by atoms with Crippen molar-refractivity contribution in [1.82, 2.24) is 0 Å². The Kier molecular flexibility index (Phi) is 5.01. The van der Waals surface area contributed by atoms with Crippen molar-refractivity contribution in [2.75, 3.05) is 0 Å². The van der Waals surface area contributed by atoms with Gasteiger partial charge in [-0.1, -0.05) is 48.6 Å². The maximum atomic E-state index is 5.61. The van der Waals surface area contributed by atoms with Crippen LogP contribution in [-0.2, 0) is 26.2 Å². The zero-order valence-corrected chi connectivity index (χ0v) is 13.6. The molecular weight excluding hydrogens is 335 g/mol. The molecule has 0 fully saturated rings. The van der Waals surface area contributed by atoms with Gasteiger partial charge >= 0.3 is 0 Å². The molecule has 1 aromatic rings. The first kappa shape index (κ1) is 14.6. The quantitative estimate of drug-likeness (QED) is 0.755. The van der Waals surface area contributed by atoms with Crippen LogP contribution >= 0.6 is 11.9 Å². The predicted octanol–water partition coefficient (Wildman–Crippen LogP) is 4.90. The normalized spacial score (nSPS) is 16.1. The van der Waals surface area contributed by atoms with E-state index in [0.29, 0.717) is 0 Å². The average Bonchev–Trinajstić information content (AvgIpc) is 3.10. The fourth-order valence-electron chi connectivity index (χ4n) is 2.47. The van der Waals surface area contributed by atoms with Crippen molar-refractivity contribution in [3.63, 3.8) is 0 Å². The summed E-state index contributed by atoms with van der Waals surface area (Å²) in [6.45, 7) is 0. The standard InChI is InChI=1S/C16H13ClO.Zr/c17-18-15-11-5-10-14(12-6-1-2-7-12)16(15)13-8-3-4-9-13;/h1-6,8,10-11H,7,9H2;. The van der Waals surface area contributed by atoms with E-state index in [2.05, 4.69) is 42.5 Å². The molecule has 3 heteroatoms. The van der Waals surface area contributed by atoms with Gasteiger partial charge in [0.15, 0.2) is 5.75 Å². The summed E-state index contributed by atoms with van der Waals surface area (Å²) >= 11 is 5.61. The molecule has 1 nitrogen and oxygen atoms in total. The van der Waals surface area contributed by atoms with Crippen LogP contribution < -0.4 is 4.29 Å². The fraction of sp³-hybridized carbons (Fsp3) is 0.125. The molecule has 3 rings (SSSR count). The van der Waals surface area contributed by atoms with Gasteiger partial charge in [-0.25, -0.2) is 0 Å². The van der Waals surface area contributed by atoms with E-state index in [1.165, 1.54) is 16.7 Å². The number of hydrogen-bond acceptors (Lipinski definition) is 1. The van der Waals surface area contributed by atoms with E-state index in [9.17, 15) is 0 Å². The molecule has 0 saturated carbocycles. The van der Waals surface area contributed by atoms with Gasteiger partial charge in [-0.3, -0.25) is 0 Å². The monoisotopic (exact) mass is 346 g/mol. The molecule has 1 aromatic carbocycles. The molecule has 2 aliphatic carbocycles. The first-order valence-corrected chi connectivity index (χ1v) is 6.35. The zero-order chi connectivity index (χ0) is 12.4. The summed E-state index contributed by atoms with van der Waals surface area (Å²) in [5, 5.41) is 0. The molecule has 0 heterocycles. The van der Waals surface area contributed by atoms with Crippen LogP contribution in [0.5, 0.6) is 5.75 Å². The Morgan fingerprint density at radius 1 is 0.947 bits per heavy atom. The predicted molar refractivity (Wildman–Crippen MR) is 76.4 cm³/mol. The van der Waals surface area contributed by atoms with Gasteiger partial charge < -0.3 is 4.29 Å². The van der Waals surface area contributed by atoms with Gasteiger partial charge in [0.1, 0.15) is 11.9 Å². The van der Waals surface area contributed by atoms with Crippen molar-refractivity contribution < 1.29 is 30.5 Å². The van der Waals surface area contributed by atoms with Crippen LogP contribution in [0, 0.1) is 0 Å². The number of benzene rings is 1. The third-order valence-electron chi connectivity index (χ3n) is 3.32. The van der Waals surface area contributed by atoms with E-state index in [1.807, 2.05) is 12.1 Å². The van der Waals surface area contributed by atoms with Gasteiger partial charge in [-0.2, -0.15) is 0 Å². The first-order valence-electron chi connectivity index (χ1n) is 6.04. The minimum Gasteiger partial charge on any atom is -0.385 e. The Labute approximate surface area is 137 Å². The molecule has 0 unspecified atom stereocenters.